The Bertz CT molecular complexity index is 1320. The van der Waals surface area contributed by atoms with E-state index in [2.05, 4.69) is 20.4 Å². The lowest BCUT2D eigenvalue weighted by molar-refractivity contribution is -0.116. The summed E-state index contributed by atoms with van der Waals surface area (Å²) in [6.07, 6.45) is 3.28. The van der Waals surface area contributed by atoms with Gasteiger partial charge in [-0.15, -0.1) is 0 Å². The van der Waals surface area contributed by atoms with Crippen LogP contribution in [0, 0.1) is 0 Å². The number of nitrogens with one attached hydrogen (secondary N) is 1. The van der Waals surface area contributed by atoms with Gasteiger partial charge in [0.2, 0.25) is 5.91 Å². The van der Waals surface area contributed by atoms with Gasteiger partial charge < -0.3 is 5.32 Å². The predicted octanol–water partition coefficient (Wildman–Crippen LogP) is 3.31. The molecule has 3 aromatic heterocycles. The Labute approximate surface area is 179 Å². The van der Waals surface area contributed by atoms with Gasteiger partial charge in [0.15, 0.2) is 10.8 Å². The quantitative estimate of drug-likeness (QED) is 0.491. The summed E-state index contributed by atoms with van der Waals surface area (Å²) in [7, 11) is 0. The third-order valence-corrected chi connectivity index (χ3v) is 6.11. The average molecular weight is 439 g/mol. The van der Waals surface area contributed by atoms with Gasteiger partial charge >= 0.3 is 0 Å². The highest BCUT2D eigenvalue weighted by Crippen LogP contribution is 2.33. The first-order valence-electron chi connectivity index (χ1n) is 9.20. The number of carbonyl (C=O) groups excluding carboxylic acids is 1. The highest BCUT2D eigenvalue weighted by molar-refractivity contribution is 7.99. The molecule has 0 saturated heterocycles. The fraction of sp³-hybridized carbons (Fsp3) is 0.150. The highest BCUT2D eigenvalue weighted by Gasteiger charge is 2.29. The van der Waals surface area contributed by atoms with Gasteiger partial charge in [0.1, 0.15) is 11.2 Å². The van der Waals surface area contributed by atoms with Crippen LogP contribution in [0.4, 0.5) is 5.82 Å². The Morgan fingerprint density at radius 1 is 1.27 bits per heavy atom. The van der Waals surface area contributed by atoms with Gasteiger partial charge in [0.25, 0.3) is 5.56 Å². The van der Waals surface area contributed by atoms with Gasteiger partial charge in [-0.05, 0) is 30.3 Å². The van der Waals surface area contributed by atoms with E-state index in [4.69, 9.17) is 11.6 Å². The molecule has 1 aliphatic heterocycles. The van der Waals surface area contributed by atoms with Crippen molar-refractivity contribution in [2.24, 2.45) is 0 Å². The van der Waals surface area contributed by atoms with Crippen molar-refractivity contribution in [1.82, 2.24) is 24.3 Å². The number of benzene rings is 1. The van der Waals surface area contributed by atoms with Crippen LogP contribution in [0.1, 0.15) is 12.5 Å². The Morgan fingerprint density at radius 2 is 2.17 bits per heavy atom. The molecule has 150 valence electrons. The van der Waals surface area contributed by atoms with Crippen molar-refractivity contribution in [3.63, 3.8) is 0 Å². The topological polar surface area (TPSA) is 94.7 Å². The molecule has 1 N–H and O–H groups in total. The summed E-state index contributed by atoms with van der Waals surface area (Å²) >= 11 is 7.54. The summed E-state index contributed by atoms with van der Waals surface area (Å²) in [5, 5.41) is 8.65. The molecule has 0 aliphatic carbocycles. The van der Waals surface area contributed by atoms with E-state index in [-0.39, 0.29) is 23.9 Å². The maximum Gasteiger partial charge on any atom is 0.265 e. The summed E-state index contributed by atoms with van der Waals surface area (Å²) in [6, 6.07) is 12.2. The van der Waals surface area contributed by atoms with Crippen LogP contribution in [-0.2, 0) is 4.79 Å². The molecule has 0 radical (unpaired) electrons. The number of carbonyl (C=O) groups is 1. The number of rotatable bonds is 4. The lowest BCUT2D eigenvalue weighted by Crippen LogP contribution is -2.27. The van der Waals surface area contributed by atoms with E-state index in [1.807, 2.05) is 12.1 Å². The molecule has 30 heavy (non-hydrogen) atoms. The van der Waals surface area contributed by atoms with Crippen LogP contribution in [0.5, 0.6) is 0 Å². The number of aromatic nitrogens is 5. The largest absolute Gasteiger partial charge is 0.311 e. The standard InChI is InChI=1S/C20H15ClN6O2S/c21-12-4-3-5-13(8-12)27-18-15(10-23-27)19(29)26-14(11-30-20(26)25-18)9-17(28)24-16-6-1-2-7-22-16/h1-8,10,14H,9,11H2,(H,22,24,28). The molecule has 1 aromatic carbocycles. The Kier molecular flexibility index (Phi) is 4.76. The molecule has 4 heterocycles. The van der Waals surface area contributed by atoms with Crippen molar-refractivity contribution in [2.75, 3.05) is 11.1 Å². The van der Waals surface area contributed by atoms with E-state index in [0.717, 1.165) is 5.69 Å². The number of hydrogen-bond donors (Lipinski definition) is 1. The Balaban J connectivity index is 1.47. The van der Waals surface area contributed by atoms with Crippen LogP contribution in [0.3, 0.4) is 0 Å². The maximum atomic E-state index is 13.2. The monoisotopic (exact) mass is 438 g/mol. The van der Waals surface area contributed by atoms with Crippen molar-refractivity contribution in [2.45, 2.75) is 17.6 Å². The first-order valence-corrected chi connectivity index (χ1v) is 10.6. The zero-order chi connectivity index (χ0) is 20.7. The molecule has 0 bridgehead atoms. The first kappa shape index (κ1) is 18.8. The average Bonchev–Trinajstić information content (AvgIpc) is 3.34. The van der Waals surface area contributed by atoms with Crippen molar-refractivity contribution >= 4 is 46.1 Å². The minimum Gasteiger partial charge on any atom is -0.311 e. The maximum absolute atomic E-state index is 13.2. The molecule has 1 unspecified atom stereocenters. The fourth-order valence-electron chi connectivity index (χ4n) is 3.42. The van der Waals surface area contributed by atoms with E-state index >= 15 is 0 Å². The predicted molar refractivity (Wildman–Crippen MR) is 115 cm³/mol. The fourth-order valence-corrected chi connectivity index (χ4v) is 4.74. The molecule has 0 spiro atoms. The number of halogens is 1. The van der Waals surface area contributed by atoms with Gasteiger partial charge in [-0.25, -0.2) is 14.6 Å². The van der Waals surface area contributed by atoms with Crippen molar-refractivity contribution in [3.05, 3.63) is 70.2 Å². The summed E-state index contributed by atoms with van der Waals surface area (Å²) in [4.78, 5) is 34.4. The molecule has 8 nitrogen and oxygen atoms in total. The van der Waals surface area contributed by atoms with Crippen molar-refractivity contribution in [3.8, 4) is 5.69 Å². The SMILES string of the molecule is O=C(CC1CSc2nc3c(cnn3-c3cccc(Cl)c3)c(=O)n21)Nc1ccccn1. The number of nitrogens with zero attached hydrogens (tertiary/aromatic N) is 5. The second kappa shape index (κ2) is 7.58. The Hall–Kier alpha value is -3.17. The molecule has 4 aromatic rings. The van der Waals surface area contributed by atoms with Crippen LogP contribution in [0.15, 0.2) is 64.8 Å². The van der Waals surface area contributed by atoms with Gasteiger partial charge in [0.05, 0.1) is 17.9 Å². The smallest absolute Gasteiger partial charge is 0.265 e. The summed E-state index contributed by atoms with van der Waals surface area (Å²) < 4.78 is 3.19. The number of pyridine rings is 1. The van der Waals surface area contributed by atoms with Crippen LogP contribution >= 0.6 is 23.4 Å². The minimum absolute atomic E-state index is 0.159. The normalized spacial score (nSPS) is 15.3. The summed E-state index contributed by atoms with van der Waals surface area (Å²) in [5.41, 5.74) is 0.993. The number of thioether (sulfide) groups is 1. The Morgan fingerprint density at radius 3 is 2.97 bits per heavy atom. The number of fused-ring (bicyclic) bond motifs is 2. The molecule has 0 fully saturated rings. The molecule has 1 amide bonds. The summed E-state index contributed by atoms with van der Waals surface area (Å²) in [5.74, 6) is 0.876. The van der Waals surface area contributed by atoms with Crippen molar-refractivity contribution in [1.29, 1.82) is 0 Å². The highest BCUT2D eigenvalue weighted by atomic mass is 35.5. The van der Waals surface area contributed by atoms with Crippen LogP contribution in [0.25, 0.3) is 16.7 Å². The minimum atomic E-state index is -0.285. The van der Waals surface area contributed by atoms with E-state index in [1.165, 1.54) is 18.0 Å². The first-order chi connectivity index (χ1) is 14.6. The molecular weight excluding hydrogens is 424 g/mol. The summed E-state index contributed by atoms with van der Waals surface area (Å²) in [6.45, 7) is 0. The molecule has 5 rings (SSSR count). The van der Waals surface area contributed by atoms with Gasteiger partial charge in [-0.3, -0.25) is 14.2 Å². The molecule has 1 atom stereocenters. The number of amides is 1. The number of anilines is 1. The van der Waals surface area contributed by atoms with E-state index < -0.39 is 0 Å². The second-order valence-electron chi connectivity index (χ2n) is 6.78. The molecule has 0 saturated carbocycles. The van der Waals surface area contributed by atoms with E-state index in [9.17, 15) is 9.59 Å². The van der Waals surface area contributed by atoms with E-state index in [0.29, 0.717) is 32.8 Å². The van der Waals surface area contributed by atoms with Gasteiger partial charge in [-0.2, -0.15) is 5.10 Å². The van der Waals surface area contributed by atoms with Crippen LogP contribution in [0.2, 0.25) is 5.02 Å². The van der Waals surface area contributed by atoms with Crippen LogP contribution < -0.4 is 10.9 Å². The van der Waals surface area contributed by atoms with E-state index in [1.54, 1.807) is 45.8 Å². The zero-order valence-electron chi connectivity index (χ0n) is 15.5. The van der Waals surface area contributed by atoms with Crippen LogP contribution in [-0.4, -0.2) is 36.0 Å². The lowest BCUT2D eigenvalue weighted by Gasteiger charge is -2.13. The zero-order valence-corrected chi connectivity index (χ0v) is 17.1. The third kappa shape index (κ3) is 3.35. The van der Waals surface area contributed by atoms with Crippen molar-refractivity contribution < 1.29 is 4.79 Å². The third-order valence-electron chi connectivity index (χ3n) is 4.78. The van der Waals surface area contributed by atoms with Gasteiger partial charge in [-0.1, -0.05) is 35.5 Å². The lowest BCUT2D eigenvalue weighted by atomic mass is 10.2. The second-order valence-corrected chi connectivity index (χ2v) is 8.20. The number of hydrogen-bond acceptors (Lipinski definition) is 6. The molecular formula is C20H15ClN6O2S. The molecule has 1 aliphatic rings. The molecule has 10 heteroatoms. The van der Waals surface area contributed by atoms with Gasteiger partial charge in [0, 0.05) is 23.4 Å².